The van der Waals surface area contributed by atoms with Crippen molar-refractivity contribution in [1.29, 1.82) is 0 Å². The van der Waals surface area contributed by atoms with Crippen LogP contribution in [0.3, 0.4) is 0 Å². The lowest BCUT2D eigenvalue weighted by atomic mass is 9.75. The molecule has 0 spiro atoms. The molecule has 1 heterocycles. The van der Waals surface area contributed by atoms with Gasteiger partial charge in [0.05, 0.1) is 21.6 Å². The van der Waals surface area contributed by atoms with Gasteiger partial charge in [0.25, 0.3) is 5.69 Å². The van der Waals surface area contributed by atoms with Crippen LogP contribution in [0.1, 0.15) is 33.3 Å². The molecule has 0 saturated carbocycles. The third-order valence-electron chi connectivity index (χ3n) is 3.99. The van der Waals surface area contributed by atoms with E-state index in [1.807, 2.05) is 40.7 Å². The van der Waals surface area contributed by atoms with Crippen LogP contribution in [-0.2, 0) is 9.31 Å². The first-order chi connectivity index (χ1) is 8.66. The summed E-state index contributed by atoms with van der Waals surface area (Å²) in [6, 6.07) is 4.98. The van der Waals surface area contributed by atoms with E-state index in [1.165, 1.54) is 6.07 Å². The van der Waals surface area contributed by atoms with Crippen LogP contribution in [-0.4, -0.2) is 23.2 Å². The van der Waals surface area contributed by atoms with Gasteiger partial charge in [0, 0.05) is 6.07 Å². The van der Waals surface area contributed by atoms with Crippen LogP contribution in [0.2, 0.25) is 0 Å². The summed E-state index contributed by atoms with van der Waals surface area (Å²) < 4.78 is 11.8. The number of hydrogen-bond acceptors (Lipinski definition) is 4. The van der Waals surface area contributed by atoms with E-state index in [1.54, 1.807) is 6.07 Å². The van der Waals surface area contributed by atoms with Crippen molar-refractivity contribution in [2.75, 3.05) is 0 Å². The van der Waals surface area contributed by atoms with Crippen LogP contribution in [0, 0.1) is 17.0 Å². The molecule has 19 heavy (non-hydrogen) atoms. The van der Waals surface area contributed by atoms with E-state index in [0.717, 1.165) is 5.56 Å². The van der Waals surface area contributed by atoms with Gasteiger partial charge < -0.3 is 9.31 Å². The summed E-state index contributed by atoms with van der Waals surface area (Å²) in [5, 5.41) is 11.1. The van der Waals surface area contributed by atoms with Gasteiger partial charge in [0.2, 0.25) is 0 Å². The largest absolute Gasteiger partial charge is 0.502 e. The van der Waals surface area contributed by atoms with Crippen LogP contribution in [0.5, 0.6) is 0 Å². The molecule has 0 amide bonds. The summed E-state index contributed by atoms with van der Waals surface area (Å²) in [4.78, 5) is 10.8. The number of nitro groups is 1. The number of nitrogens with zero attached hydrogens (tertiary/aromatic N) is 1. The van der Waals surface area contributed by atoms with Crippen molar-refractivity contribution in [2.45, 2.75) is 45.8 Å². The van der Waals surface area contributed by atoms with Crippen molar-refractivity contribution in [1.82, 2.24) is 0 Å². The molecule has 0 N–H and O–H groups in total. The lowest BCUT2D eigenvalue weighted by molar-refractivity contribution is -0.383. The second kappa shape index (κ2) is 4.32. The summed E-state index contributed by atoms with van der Waals surface area (Å²) in [6.07, 6.45) is 0. The second-order valence-electron chi connectivity index (χ2n) is 5.85. The highest BCUT2D eigenvalue weighted by atomic mass is 16.7. The van der Waals surface area contributed by atoms with E-state index in [4.69, 9.17) is 9.31 Å². The first kappa shape index (κ1) is 14.0. The molecule has 0 atom stereocenters. The molecule has 1 aromatic rings. The maximum atomic E-state index is 11.1. The lowest BCUT2D eigenvalue weighted by Gasteiger charge is -2.32. The van der Waals surface area contributed by atoms with E-state index in [9.17, 15) is 10.1 Å². The third-order valence-corrected chi connectivity index (χ3v) is 3.99. The van der Waals surface area contributed by atoms with Gasteiger partial charge >= 0.3 is 7.12 Å². The Balaban J connectivity index is 2.48. The fourth-order valence-corrected chi connectivity index (χ4v) is 2.09. The molecule has 0 bridgehead atoms. The molecule has 1 fully saturated rings. The van der Waals surface area contributed by atoms with E-state index < -0.39 is 23.2 Å². The molecule has 0 aliphatic carbocycles. The van der Waals surface area contributed by atoms with Gasteiger partial charge in [-0.2, -0.15) is 0 Å². The van der Waals surface area contributed by atoms with Crippen molar-refractivity contribution in [3.63, 3.8) is 0 Å². The molecule has 1 aliphatic heterocycles. The van der Waals surface area contributed by atoms with Crippen LogP contribution in [0.4, 0.5) is 5.69 Å². The number of hydrogen-bond donors (Lipinski definition) is 0. The standard InChI is InChI=1S/C13H18BNO4/c1-9-7-6-8-10(15(16)17)11(9)14-18-12(2,3)13(4,5)19-14/h6-8H,1-5H3. The fraction of sp³-hybridized carbons (Fsp3) is 0.538. The van der Waals surface area contributed by atoms with Crippen molar-refractivity contribution < 1.29 is 14.2 Å². The Kier molecular flexibility index (Phi) is 3.19. The van der Waals surface area contributed by atoms with Gasteiger partial charge in [0.15, 0.2) is 0 Å². The summed E-state index contributed by atoms with van der Waals surface area (Å²) in [5.74, 6) is 0. The zero-order valence-electron chi connectivity index (χ0n) is 11.9. The monoisotopic (exact) mass is 263 g/mol. The highest BCUT2D eigenvalue weighted by molar-refractivity contribution is 6.64. The van der Waals surface area contributed by atoms with E-state index in [2.05, 4.69) is 0 Å². The summed E-state index contributed by atoms with van der Waals surface area (Å²) in [7, 11) is -0.702. The maximum absolute atomic E-state index is 11.1. The Morgan fingerprint density at radius 2 is 1.68 bits per heavy atom. The van der Waals surface area contributed by atoms with Gasteiger partial charge in [-0.3, -0.25) is 10.1 Å². The zero-order valence-corrected chi connectivity index (χ0v) is 11.9. The van der Waals surface area contributed by atoms with Crippen LogP contribution in [0.15, 0.2) is 18.2 Å². The molecule has 1 saturated heterocycles. The molecule has 0 radical (unpaired) electrons. The normalized spacial score (nSPS) is 20.6. The maximum Gasteiger partial charge on any atom is 0.502 e. The average Bonchev–Trinajstić information content (AvgIpc) is 2.47. The topological polar surface area (TPSA) is 61.6 Å². The Bertz CT molecular complexity index is 511. The van der Waals surface area contributed by atoms with E-state index in [0.29, 0.717) is 5.46 Å². The van der Waals surface area contributed by atoms with Crippen molar-refractivity contribution in [3.8, 4) is 0 Å². The van der Waals surface area contributed by atoms with Gasteiger partial charge in [-0.25, -0.2) is 0 Å². The molecular weight excluding hydrogens is 245 g/mol. The van der Waals surface area contributed by atoms with Crippen LogP contribution >= 0.6 is 0 Å². The molecule has 2 rings (SSSR count). The van der Waals surface area contributed by atoms with Gasteiger partial charge in [-0.05, 0) is 40.2 Å². The zero-order chi connectivity index (χ0) is 14.4. The Morgan fingerprint density at radius 1 is 1.16 bits per heavy atom. The van der Waals surface area contributed by atoms with E-state index in [-0.39, 0.29) is 5.69 Å². The highest BCUT2D eigenvalue weighted by Crippen LogP contribution is 2.37. The number of nitro benzene ring substituents is 1. The Hall–Kier alpha value is -1.40. The second-order valence-corrected chi connectivity index (χ2v) is 5.85. The Labute approximate surface area is 113 Å². The third kappa shape index (κ3) is 2.26. The molecule has 1 aromatic carbocycles. The first-order valence-electron chi connectivity index (χ1n) is 6.25. The number of benzene rings is 1. The summed E-state index contributed by atoms with van der Waals surface area (Å²) in [5.41, 5.74) is 0.333. The fourth-order valence-electron chi connectivity index (χ4n) is 2.09. The number of aryl methyl sites for hydroxylation is 1. The van der Waals surface area contributed by atoms with Crippen molar-refractivity contribution >= 4 is 18.3 Å². The predicted octanol–water partition coefficient (Wildman–Crippen LogP) is 2.20. The molecule has 0 unspecified atom stereocenters. The summed E-state index contributed by atoms with van der Waals surface area (Å²) in [6.45, 7) is 9.54. The van der Waals surface area contributed by atoms with Gasteiger partial charge in [0.1, 0.15) is 0 Å². The molecule has 5 nitrogen and oxygen atoms in total. The van der Waals surface area contributed by atoms with Gasteiger partial charge in [-0.1, -0.05) is 12.1 Å². The molecular formula is C13H18BNO4. The Morgan fingerprint density at radius 3 is 2.16 bits per heavy atom. The number of rotatable bonds is 2. The minimum atomic E-state index is -0.702. The SMILES string of the molecule is Cc1cccc([N+](=O)[O-])c1B1OC(C)(C)C(C)(C)O1. The highest BCUT2D eigenvalue weighted by Gasteiger charge is 2.53. The quantitative estimate of drug-likeness (QED) is 0.466. The minimum absolute atomic E-state index is 0.0403. The van der Waals surface area contributed by atoms with Crippen molar-refractivity contribution in [2.24, 2.45) is 0 Å². The van der Waals surface area contributed by atoms with Crippen LogP contribution < -0.4 is 5.46 Å². The molecule has 1 aliphatic rings. The smallest absolute Gasteiger partial charge is 0.399 e. The predicted molar refractivity (Wildman–Crippen MR) is 73.5 cm³/mol. The molecule has 6 heteroatoms. The van der Waals surface area contributed by atoms with E-state index >= 15 is 0 Å². The molecule has 0 aromatic heterocycles. The summed E-state index contributed by atoms with van der Waals surface area (Å²) >= 11 is 0. The minimum Gasteiger partial charge on any atom is -0.399 e. The van der Waals surface area contributed by atoms with Gasteiger partial charge in [-0.15, -0.1) is 0 Å². The average molecular weight is 263 g/mol. The lowest BCUT2D eigenvalue weighted by Crippen LogP contribution is -2.41. The van der Waals surface area contributed by atoms with Crippen molar-refractivity contribution in [3.05, 3.63) is 33.9 Å². The first-order valence-corrected chi connectivity index (χ1v) is 6.25. The van der Waals surface area contributed by atoms with Crippen LogP contribution in [0.25, 0.3) is 0 Å². The molecule has 102 valence electrons.